The molecular formula is C27H21N7Na2O12S2. The quantitative estimate of drug-likeness (QED) is 0.0350. The zero-order chi connectivity index (χ0) is 35.6. The number of nitro benzene ring substituents is 1. The molecule has 0 aromatic heterocycles. The number of nitrogens with zero attached hydrogens (tertiary/aromatic N) is 5. The molecule has 0 fully saturated rings. The molecule has 5 N–H and O–H groups in total. The van der Waals surface area contributed by atoms with Gasteiger partial charge in [0.05, 0.1) is 43.6 Å². The van der Waals surface area contributed by atoms with Crippen molar-refractivity contribution in [2.24, 2.45) is 20.5 Å². The molecule has 250 valence electrons. The summed E-state index contributed by atoms with van der Waals surface area (Å²) < 4.78 is 70.4. The number of aromatic hydroxyl groups is 1. The van der Waals surface area contributed by atoms with Crippen LogP contribution in [0.5, 0.6) is 5.75 Å². The van der Waals surface area contributed by atoms with Gasteiger partial charge in [0.2, 0.25) is 5.91 Å². The number of nitrogens with one attached hydrogen (secondary N) is 1. The zero-order valence-corrected chi connectivity index (χ0v) is 31.9. The topological polar surface area (TPSA) is 320 Å². The first kappa shape index (κ1) is 42.3. The number of phenolic OH excluding ortho intramolecular Hbond substituents is 1. The van der Waals surface area contributed by atoms with Gasteiger partial charge in [-0.05, 0) is 61.0 Å². The van der Waals surface area contributed by atoms with E-state index in [1.54, 1.807) is 6.92 Å². The van der Waals surface area contributed by atoms with E-state index in [0.717, 1.165) is 6.07 Å². The Kier molecular flexibility index (Phi) is 14.3. The Hall–Kier alpha value is -3.90. The predicted molar refractivity (Wildman–Crippen MR) is 164 cm³/mol. The summed E-state index contributed by atoms with van der Waals surface area (Å²) in [7, 11) is -10.5. The standard InChI is InChI=1S/C27H23N7O12S2.2Na/c1-13-8-15(3-4-18(13)31-32-19-5-2-14(9-21(19)34(39)40)29-24(36)6-7-25(37)38)30-33-20-12-23(48(44,45)46)17-10-16(47(41,42)43)11-22(35)26(17)27(20)28;;/h2-5,8-12,35H,6-7,28H2,1H3,(H,29,36)(H,37,38)(H,41,42,43)(H,44,45,46);;/q;2*+1/p-2. The largest absolute Gasteiger partial charge is 1.00 e. The zero-order valence-electron chi connectivity index (χ0n) is 26.2. The fourth-order valence-electron chi connectivity index (χ4n) is 4.23. The van der Waals surface area contributed by atoms with Crippen LogP contribution in [-0.2, 0) is 29.8 Å². The fourth-order valence-corrected chi connectivity index (χ4v) is 5.43. The SMILES string of the molecule is Cc1cc(N=Nc2cc(S(=O)(=O)[O-])c3cc(S(=O)(=O)[O-])cc(O)c3c2N)ccc1N=Nc1ccc(NC(=O)CCC(=O)O)cc1[N+](=O)[O-].[Na+].[Na+]. The third-order valence-electron chi connectivity index (χ3n) is 6.47. The first-order valence-corrected chi connectivity index (χ1v) is 15.9. The van der Waals surface area contributed by atoms with Gasteiger partial charge in [-0.25, -0.2) is 16.8 Å². The maximum absolute atomic E-state index is 12.0. The number of anilines is 2. The molecule has 0 unspecified atom stereocenters. The number of phenols is 1. The number of amides is 1. The molecule has 19 nitrogen and oxygen atoms in total. The minimum atomic E-state index is -5.31. The molecule has 1 amide bonds. The Balaban J connectivity index is 0.00000433. The summed E-state index contributed by atoms with van der Waals surface area (Å²) in [6, 6.07) is 9.71. The van der Waals surface area contributed by atoms with Gasteiger partial charge in [-0.15, -0.1) is 10.2 Å². The molecule has 0 heterocycles. The molecule has 0 aliphatic heterocycles. The molecule has 0 radical (unpaired) electrons. The Bertz CT molecular complexity index is 2300. The van der Waals surface area contributed by atoms with E-state index in [1.807, 2.05) is 0 Å². The van der Waals surface area contributed by atoms with Crippen molar-refractivity contribution in [3.05, 3.63) is 70.3 Å². The molecule has 0 saturated carbocycles. The van der Waals surface area contributed by atoms with E-state index < -0.39 is 75.5 Å². The van der Waals surface area contributed by atoms with Gasteiger partial charge in [-0.2, -0.15) is 10.2 Å². The van der Waals surface area contributed by atoms with Crippen LogP contribution < -0.4 is 70.2 Å². The minimum absolute atomic E-state index is 0. The summed E-state index contributed by atoms with van der Waals surface area (Å²) >= 11 is 0. The number of nitrogens with two attached hydrogens (primary N) is 1. The van der Waals surface area contributed by atoms with Crippen LogP contribution in [0, 0.1) is 17.0 Å². The summed E-state index contributed by atoms with van der Waals surface area (Å²) in [6.07, 6.45) is -0.754. The minimum Gasteiger partial charge on any atom is -0.744 e. The van der Waals surface area contributed by atoms with Gasteiger partial charge in [-0.3, -0.25) is 19.7 Å². The normalized spacial score (nSPS) is 11.7. The van der Waals surface area contributed by atoms with Gasteiger partial charge in [0, 0.05) is 23.6 Å². The number of benzene rings is 4. The molecule has 4 aromatic carbocycles. The van der Waals surface area contributed by atoms with Crippen molar-refractivity contribution in [3.8, 4) is 5.75 Å². The van der Waals surface area contributed by atoms with Crippen molar-refractivity contribution < 1.29 is 110 Å². The fraction of sp³-hybridized carbons (Fsp3) is 0.111. The molecule has 0 spiro atoms. The van der Waals surface area contributed by atoms with Crippen molar-refractivity contribution in [2.75, 3.05) is 11.1 Å². The van der Waals surface area contributed by atoms with Crippen molar-refractivity contribution in [3.63, 3.8) is 0 Å². The molecule has 0 saturated heterocycles. The first-order valence-electron chi connectivity index (χ1n) is 13.1. The molecule has 0 bridgehead atoms. The van der Waals surface area contributed by atoms with Gasteiger partial charge < -0.3 is 30.4 Å². The monoisotopic (exact) mass is 745 g/mol. The molecule has 4 rings (SSSR count). The number of aryl methyl sites for hydroxylation is 1. The van der Waals surface area contributed by atoms with Crippen LogP contribution in [0.25, 0.3) is 10.8 Å². The van der Waals surface area contributed by atoms with E-state index in [4.69, 9.17) is 10.8 Å². The second-order valence-electron chi connectivity index (χ2n) is 9.85. The van der Waals surface area contributed by atoms with Crippen molar-refractivity contribution in [2.45, 2.75) is 29.6 Å². The maximum atomic E-state index is 12.0. The summed E-state index contributed by atoms with van der Waals surface area (Å²) in [5.41, 5.74) is 5.49. The van der Waals surface area contributed by atoms with E-state index in [1.165, 1.54) is 30.3 Å². The van der Waals surface area contributed by atoms with Gasteiger partial charge in [0.25, 0.3) is 5.69 Å². The van der Waals surface area contributed by atoms with Crippen LogP contribution in [0.4, 0.5) is 39.8 Å². The van der Waals surface area contributed by atoms with E-state index in [2.05, 4.69) is 25.8 Å². The van der Waals surface area contributed by atoms with Gasteiger partial charge in [0.15, 0.2) is 5.69 Å². The second kappa shape index (κ2) is 16.9. The Morgan fingerprint density at radius 2 is 1.48 bits per heavy atom. The Labute approximate surface area is 326 Å². The molecule has 0 aliphatic carbocycles. The van der Waals surface area contributed by atoms with E-state index in [0.29, 0.717) is 23.8 Å². The summed E-state index contributed by atoms with van der Waals surface area (Å²) in [6.45, 7) is 1.59. The number of carboxylic acid groups (broad SMARTS) is 1. The number of hydrogen-bond donors (Lipinski definition) is 4. The number of carbonyl (C=O) groups is 2. The van der Waals surface area contributed by atoms with Crippen LogP contribution in [0.3, 0.4) is 0 Å². The number of azo groups is 2. The second-order valence-corrected chi connectivity index (χ2v) is 12.6. The van der Waals surface area contributed by atoms with Gasteiger partial charge in [0.1, 0.15) is 31.7 Å². The van der Waals surface area contributed by atoms with Crippen molar-refractivity contribution in [1.29, 1.82) is 0 Å². The third kappa shape index (κ3) is 10.3. The van der Waals surface area contributed by atoms with Crippen LogP contribution >= 0.6 is 0 Å². The molecule has 0 aliphatic rings. The number of nitro groups is 1. The van der Waals surface area contributed by atoms with E-state index in [-0.39, 0.29) is 99.7 Å². The average Bonchev–Trinajstić information content (AvgIpc) is 2.98. The smallest absolute Gasteiger partial charge is 0.744 e. The summed E-state index contributed by atoms with van der Waals surface area (Å²) in [5.74, 6) is -2.74. The number of hydrogen-bond acceptors (Lipinski definition) is 16. The molecular weight excluding hydrogens is 724 g/mol. The number of fused-ring (bicyclic) bond motifs is 1. The maximum Gasteiger partial charge on any atom is 1.00 e. The number of carbonyl (C=O) groups excluding carboxylic acids is 1. The van der Waals surface area contributed by atoms with Gasteiger partial charge in [-0.1, -0.05) is 0 Å². The Morgan fingerprint density at radius 1 is 0.860 bits per heavy atom. The summed E-state index contributed by atoms with van der Waals surface area (Å²) in [4.78, 5) is 31.4. The molecule has 23 heteroatoms. The Morgan fingerprint density at radius 3 is 2.06 bits per heavy atom. The number of carboxylic acids is 1. The number of aliphatic carboxylic acids is 1. The van der Waals surface area contributed by atoms with Crippen LogP contribution in [-0.4, -0.2) is 53.0 Å². The first-order chi connectivity index (χ1) is 22.3. The van der Waals surface area contributed by atoms with Crippen molar-refractivity contribution in [1.82, 2.24) is 0 Å². The summed E-state index contributed by atoms with van der Waals surface area (Å²) in [5, 5.41) is 47.8. The molecule has 4 aromatic rings. The van der Waals surface area contributed by atoms with Crippen LogP contribution in [0.2, 0.25) is 0 Å². The molecule has 50 heavy (non-hydrogen) atoms. The van der Waals surface area contributed by atoms with E-state index >= 15 is 0 Å². The van der Waals surface area contributed by atoms with E-state index in [9.17, 15) is 50.8 Å². The average molecular weight is 746 g/mol. The van der Waals surface area contributed by atoms with Gasteiger partial charge >= 0.3 is 65.1 Å². The molecule has 0 atom stereocenters. The van der Waals surface area contributed by atoms with Crippen molar-refractivity contribution >= 4 is 82.7 Å². The number of rotatable bonds is 11. The predicted octanol–water partition coefficient (Wildman–Crippen LogP) is -1.21. The van der Waals surface area contributed by atoms with Crippen LogP contribution in [0.15, 0.2) is 84.8 Å². The number of nitrogen functional groups attached to an aromatic ring is 1. The van der Waals surface area contributed by atoms with Crippen LogP contribution in [0.1, 0.15) is 18.4 Å². The third-order valence-corrected chi connectivity index (χ3v) is 8.16.